The molecule has 7 heteroatoms. The largest absolute Gasteiger partial charge is 0.506 e. The third kappa shape index (κ3) is 3.84. The summed E-state index contributed by atoms with van der Waals surface area (Å²) in [5, 5.41) is 35.3. The third-order valence-corrected chi connectivity index (χ3v) is 5.50. The summed E-state index contributed by atoms with van der Waals surface area (Å²) in [7, 11) is 0. The van der Waals surface area contributed by atoms with E-state index in [0.717, 1.165) is 22.1 Å². The van der Waals surface area contributed by atoms with Gasteiger partial charge in [-0.3, -0.25) is 4.79 Å². The number of carbonyl (C=O) groups excluding carboxylic acids is 1. The van der Waals surface area contributed by atoms with Crippen LogP contribution in [0.1, 0.15) is 34.0 Å². The third-order valence-electron chi connectivity index (χ3n) is 4.49. The summed E-state index contributed by atoms with van der Waals surface area (Å²) in [6, 6.07) is 9.74. The molecule has 0 aliphatic rings. The lowest BCUT2D eigenvalue weighted by Crippen LogP contribution is -2.19. The molecule has 0 bridgehead atoms. The second-order valence-electron chi connectivity index (χ2n) is 6.47. The minimum absolute atomic E-state index is 0.117. The monoisotopic (exact) mass is 396 g/mol. The fraction of sp³-hybridized carbons (Fsp3) is 0.143. The number of hydrogen-bond acceptors (Lipinski definition) is 6. The molecule has 2 aromatic carbocycles. The highest BCUT2D eigenvalue weighted by Crippen LogP contribution is 2.39. The van der Waals surface area contributed by atoms with Crippen molar-refractivity contribution in [2.45, 2.75) is 20.8 Å². The maximum Gasteiger partial charge on any atom is 0.271 e. The summed E-state index contributed by atoms with van der Waals surface area (Å²) in [5.41, 5.74) is 6.76. The van der Waals surface area contributed by atoms with E-state index in [-0.39, 0.29) is 22.8 Å². The maximum atomic E-state index is 12.2. The molecule has 3 rings (SSSR count). The normalized spacial score (nSPS) is 11.5. The quantitative estimate of drug-likeness (QED) is 0.300. The molecular weight excluding hydrogens is 376 g/mol. The number of hydrazone groups is 1. The van der Waals surface area contributed by atoms with Gasteiger partial charge in [0.15, 0.2) is 11.5 Å². The first kappa shape index (κ1) is 19.4. The number of rotatable bonds is 4. The second-order valence-corrected chi connectivity index (χ2v) is 7.35. The molecule has 0 saturated heterocycles. The van der Waals surface area contributed by atoms with E-state index in [2.05, 4.69) is 10.5 Å². The van der Waals surface area contributed by atoms with Gasteiger partial charge in [-0.05, 0) is 55.7 Å². The summed E-state index contributed by atoms with van der Waals surface area (Å²) < 4.78 is 0. The Balaban J connectivity index is 1.81. The zero-order valence-electron chi connectivity index (χ0n) is 15.6. The highest BCUT2D eigenvalue weighted by Gasteiger charge is 2.16. The fourth-order valence-corrected chi connectivity index (χ4v) is 3.62. The molecule has 28 heavy (non-hydrogen) atoms. The number of carbonyl (C=O) groups is 1. The van der Waals surface area contributed by atoms with Crippen LogP contribution in [0.4, 0.5) is 0 Å². The molecule has 0 aliphatic heterocycles. The molecule has 0 unspecified atom stereocenters. The van der Waals surface area contributed by atoms with E-state index in [4.69, 9.17) is 0 Å². The van der Waals surface area contributed by atoms with Crippen molar-refractivity contribution in [1.29, 1.82) is 0 Å². The number of benzene rings is 2. The van der Waals surface area contributed by atoms with Crippen molar-refractivity contribution in [2.75, 3.05) is 0 Å². The van der Waals surface area contributed by atoms with Gasteiger partial charge in [-0.15, -0.1) is 11.3 Å². The van der Waals surface area contributed by atoms with Crippen LogP contribution in [0.5, 0.6) is 17.2 Å². The van der Waals surface area contributed by atoms with Gasteiger partial charge in [-0.25, -0.2) is 5.43 Å². The molecule has 0 saturated carbocycles. The SMILES string of the molecule is CC(=NNC(=O)c1ccc(O)c(O)c1)c1csc(-c2ccc(C)c(C)c2)c1O. The summed E-state index contributed by atoms with van der Waals surface area (Å²) in [4.78, 5) is 12.9. The van der Waals surface area contributed by atoms with Crippen molar-refractivity contribution in [2.24, 2.45) is 5.10 Å². The van der Waals surface area contributed by atoms with Gasteiger partial charge in [0.1, 0.15) is 5.75 Å². The minimum Gasteiger partial charge on any atom is -0.506 e. The molecule has 0 spiro atoms. The Labute approximate surface area is 166 Å². The predicted molar refractivity (Wildman–Crippen MR) is 110 cm³/mol. The topological polar surface area (TPSA) is 102 Å². The van der Waals surface area contributed by atoms with E-state index in [1.807, 2.05) is 32.0 Å². The number of nitrogens with one attached hydrogen (secondary N) is 1. The highest BCUT2D eigenvalue weighted by molar-refractivity contribution is 7.14. The zero-order valence-corrected chi connectivity index (χ0v) is 16.5. The van der Waals surface area contributed by atoms with Gasteiger partial charge in [-0.1, -0.05) is 18.2 Å². The first-order valence-electron chi connectivity index (χ1n) is 8.53. The smallest absolute Gasteiger partial charge is 0.271 e. The zero-order chi connectivity index (χ0) is 20.4. The van der Waals surface area contributed by atoms with E-state index in [1.165, 1.54) is 29.0 Å². The second kappa shape index (κ2) is 7.74. The summed E-state index contributed by atoms with van der Waals surface area (Å²) in [6.07, 6.45) is 0. The number of aromatic hydroxyl groups is 3. The summed E-state index contributed by atoms with van der Waals surface area (Å²) in [5.74, 6) is -1.12. The van der Waals surface area contributed by atoms with Gasteiger partial charge in [-0.2, -0.15) is 5.10 Å². The molecule has 0 aliphatic carbocycles. The molecule has 0 fully saturated rings. The van der Waals surface area contributed by atoms with Crippen molar-refractivity contribution >= 4 is 23.0 Å². The van der Waals surface area contributed by atoms with Crippen molar-refractivity contribution < 1.29 is 20.1 Å². The van der Waals surface area contributed by atoms with Gasteiger partial charge in [0.25, 0.3) is 5.91 Å². The first-order valence-corrected chi connectivity index (χ1v) is 9.41. The lowest BCUT2D eigenvalue weighted by Gasteiger charge is -2.06. The van der Waals surface area contributed by atoms with Crippen LogP contribution in [0.2, 0.25) is 0 Å². The van der Waals surface area contributed by atoms with Gasteiger partial charge in [0.05, 0.1) is 16.2 Å². The van der Waals surface area contributed by atoms with Crippen molar-refractivity contribution in [3.8, 4) is 27.7 Å². The van der Waals surface area contributed by atoms with Crippen molar-refractivity contribution in [3.63, 3.8) is 0 Å². The molecule has 4 N–H and O–H groups in total. The molecule has 0 radical (unpaired) electrons. The van der Waals surface area contributed by atoms with Crippen LogP contribution < -0.4 is 5.43 Å². The molecule has 3 aromatic rings. The molecular formula is C21H20N2O4S. The van der Waals surface area contributed by atoms with Crippen LogP contribution >= 0.6 is 11.3 Å². The van der Waals surface area contributed by atoms with E-state index >= 15 is 0 Å². The summed E-state index contributed by atoms with van der Waals surface area (Å²) in [6.45, 7) is 5.74. The fourth-order valence-electron chi connectivity index (χ4n) is 2.62. The van der Waals surface area contributed by atoms with Crippen LogP contribution in [0.15, 0.2) is 46.9 Å². The standard InChI is InChI=1S/C21H20N2O4S/c1-11-4-5-14(8-12(11)2)20-19(26)16(10-28-20)13(3)22-23-21(27)15-6-7-17(24)18(25)9-15/h4-10,24-26H,1-3H3,(H,23,27). The van der Waals surface area contributed by atoms with Crippen LogP contribution in [-0.4, -0.2) is 26.9 Å². The number of phenols is 2. The number of aryl methyl sites for hydroxylation is 2. The minimum atomic E-state index is -0.543. The number of phenolic OH excluding ortho intramolecular Hbond substituents is 2. The first-order chi connectivity index (χ1) is 13.3. The number of amides is 1. The molecule has 1 amide bonds. The number of hydrogen-bond donors (Lipinski definition) is 4. The van der Waals surface area contributed by atoms with Crippen LogP contribution in [0.25, 0.3) is 10.4 Å². The van der Waals surface area contributed by atoms with Gasteiger partial charge in [0, 0.05) is 10.9 Å². The number of nitrogens with zero attached hydrogens (tertiary/aromatic N) is 1. The van der Waals surface area contributed by atoms with Crippen LogP contribution in [0.3, 0.4) is 0 Å². The van der Waals surface area contributed by atoms with E-state index in [1.54, 1.807) is 12.3 Å². The number of thiophene rings is 1. The Hall–Kier alpha value is -3.32. The average Bonchev–Trinajstić information content (AvgIpc) is 3.05. The van der Waals surface area contributed by atoms with Crippen LogP contribution in [-0.2, 0) is 0 Å². The molecule has 1 heterocycles. The van der Waals surface area contributed by atoms with E-state index in [0.29, 0.717) is 11.3 Å². The van der Waals surface area contributed by atoms with Crippen LogP contribution in [0, 0.1) is 13.8 Å². The summed E-state index contributed by atoms with van der Waals surface area (Å²) >= 11 is 1.40. The Morgan fingerprint density at radius 1 is 1.00 bits per heavy atom. The molecule has 144 valence electrons. The lowest BCUT2D eigenvalue weighted by atomic mass is 10.0. The van der Waals surface area contributed by atoms with Gasteiger partial charge < -0.3 is 15.3 Å². The van der Waals surface area contributed by atoms with Gasteiger partial charge >= 0.3 is 0 Å². The molecule has 0 atom stereocenters. The Kier molecular flexibility index (Phi) is 5.37. The van der Waals surface area contributed by atoms with E-state index < -0.39 is 5.91 Å². The molecule has 1 aromatic heterocycles. The predicted octanol–water partition coefficient (Wildman–Crippen LogP) is 4.30. The van der Waals surface area contributed by atoms with E-state index in [9.17, 15) is 20.1 Å². The van der Waals surface area contributed by atoms with Crippen molar-refractivity contribution in [1.82, 2.24) is 5.43 Å². The maximum absolute atomic E-state index is 12.2. The van der Waals surface area contributed by atoms with Crippen molar-refractivity contribution in [3.05, 3.63) is 64.0 Å². The Bertz CT molecular complexity index is 1090. The average molecular weight is 396 g/mol. The lowest BCUT2D eigenvalue weighted by molar-refractivity contribution is 0.0954. The van der Waals surface area contributed by atoms with Gasteiger partial charge in [0.2, 0.25) is 0 Å². The highest BCUT2D eigenvalue weighted by atomic mass is 32.1. The molecule has 6 nitrogen and oxygen atoms in total. The Morgan fingerprint density at radius 3 is 2.43 bits per heavy atom. The Morgan fingerprint density at radius 2 is 1.75 bits per heavy atom.